The number of rotatable bonds is 3. The highest BCUT2D eigenvalue weighted by Gasteiger charge is 2.22. The van der Waals surface area contributed by atoms with E-state index in [4.69, 9.17) is 11.6 Å². The topological polar surface area (TPSA) is 38.1 Å². The molecule has 0 fully saturated rings. The lowest BCUT2D eigenvalue weighted by atomic mass is 10.2. The fraction of sp³-hybridized carbons (Fsp3) is 0.385. The number of alkyl halides is 1. The molecule has 0 saturated carbocycles. The number of hydrogen-bond donors (Lipinski definition) is 0. The normalized spacial score (nSPS) is 12.7. The van der Waals surface area contributed by atoms with Crippen molar-refractivity contribution < 1.29 is 9.18 Å². The van der Waals surface area contributed by atoms with Gasteiger partial charge in [0.25, 0.3) is 0 Å². The number of nitrogens with zero attached hydrogens (tertiary/aromatic N) is 3. The minimum absolute atomic E-state index is 0.0880. The monoisotopic (exact) mass is 283 g/mol. The number of carbonyl (C=O) groups excluding carboxylic acids is 1. The van der Waals surface area contributed by atoms with Crippen LogP contribution in [-0.2, 0) is 10.7 Å². The van der Waals surface area contributed by atoms with Crippen molar-refractivity contribution in [2.75, 3.05) is 14.1 Å². The van der Waals surface area contributed by atoms with Gasteiger partial charge in [0.15, 0.2) is 0 Å². The minimum Gasteiger partial charge on any atom is -0.347 e. The van der Waals surface area contributed by atoms with Crippen LogP contribution in [0.2, 0.25) is 0 Å². The summed E-state index contributed by atoms with van der Waals surface area (Å²) in [6.07, 6.45) is 0. The van der Waals surface area contributed by atoms with Gasteiger partial charge in [-0.05, 0) is 25.1 Å². The summed E-state index contributed by atoms with van der Waals surface area (Å²) in [4.78, 5) is 17.9. The quantitative estimate of drug-likeness (QED) is 0.812. The zero-order chi connectivity index (χ0) is 14.2. The van der Waals surface area contributed by atoms with Crippen molar-refractivity contribution >= 4 is 28.5 Å². The molecule has 0 saturated heterocycles. The van der Waals surface area contributed by atoms with Crippen molar-refractivity contribution in [1.82, 2.24) is 14.5 Å². The number of hydrogen-bond acceptors (Lipinski definition) is 2. The van der Waals surface area contributed by atoms with Crippen molar-refractivity contribution in [2.45, 2.75) is 18.8 Å². The number of fused-ring (bicyclic) bond motifs is 1. The average Bonchev–Trinajstić information content (AvgIpc) is 2.74. The highest BCUT2D eigenvalue weighted by atomic mass is 35.5. The molecule has 1 atom stereocenters. The van der Waals surface area contributed by atoms with Gasteiger partial charge in [0.2, 0.25) is 5.91 Å². The van der Waals surface area contributed by atoms with Crippen LogP contribution < -0.4 is 0 Å². The van der Waals surface area contributed by atoms with Gasteiger partial charge in [-0.1, -0.05) is 0 Å². The van der Waals surface area contributed by atoms with Crippen LogP contribution in [0.4, 0.5) is 4.39 Å². The molecule has 19 heavy (non-hydrogen) atoms. The van der Waals surface area contributed by atoms with Crippen LogP contribution in [-0.4, -0.2) is 34.5 Å². The molecule has 0 aliphatic rings. The van der Waals surface area contributed by atoms with E-state index in [0.29, 0.717) is 16.9 Å². The Kier molecular flexibility index (Phi) is 3.75. The van der Waals surface area contributed by atoms with E-state index in [2.05, 4.69) is 4.98 Å². The lowest BCUT2D eigenvalue weighted by Gasteiger charge is -2.20. The second-order valence-electron chi connectivity index (χ2n) is 4.57. The van der Waals surface area contributed by atoms with Crippen LogP contribution in [0.5, 0.6) is 0 Å². The summed E-state index contributed by atoms with van der Waals surface area (Å²) in [6.45, 7) is 1.75. The SMILES string of the molecule is CC(C(=O)N(C)C)n1c(CCl)nc2ccc(F)cc21. The fourth-order valence-corrected chi connectivity index (χ4v) is 2.32. The molecule has 0 aliphatic carbocycles. The molecule has 102 valence electrons. The molecule has 1 amide bonds. The lowest BCUT2D eigenvalue weighted by molar-refractivity contribution is -0.131. The van der Waals surface area contributed by atoms with E-state index in [1.165, 1.54) is 17.0 Å². The summed E-state index contributed by atoms with van der Waals surface area (Å²) >= 11 is 5.87. The molecular weight excluding hydrogens is 269 g/mol. The Morgan fingerprint density at radius 2 is 2.21 bits per heavy atom. The van der Waals surface area contributed by atoms with Crippen LogP contribution in [0.25, 0.3) is 11.0 Å². The third-order valence-electron chi connectivity index (χ3n) is 3.03. The average molecular weight is 284 g/mol. The van der Waals surface area contributed by atoms with Crippen LogP contribution in [0.1, 0.15) is 18.8 Å². The zero-order valence-corrected chi connectivity index (χ0v) is 11.8. The third-order valence-corrected chi connectivity index (χ3v) is 3.27. The predicted molar refractivity (Wildman–Crippen MR) is 72.7 cm³/mol. The Morgan fingerprint density at radius 3 is 2.79 bits per heavy atom. The summed E-state index contributed by atoms with van der Waals surface area (Å²) in [5, 5.41) is 0. The molecule has 4 nitrogen and oxygen atoms in total. The van der Waals surface area contributed by atoms with Gasteiger partial charge in [0.1, 0.15) is 17.7 Å². The van der Waals surface area contributed by atoms with Crippen LogP contribution >= 0.6 is 11.6 Å². The largest absolute Gasteiger partial charge is 0.347 e. The van der Waals surface area contributed by atoms with Gasteiger partial charge in [-0.3, -0.25) is 4.79 Å². The van der Waals surface area contributed by atoms with Gasteiger partial charge in [-0.15, -0.1) is 11.6 Å². The third kappa shape index (κ3) is 2.42. The van der Waals surface area contributed by atoms with E-state index in [1.807, 2.05) is 0 Å². The van der Waals surface area contributed by atoms with E-state index in [0.717, 1.165) is 0 Å². The smallest absolute Gasteiger partial charge is 0.244 e. The number of aromatic nitrogens is 2. The Hall–Kier alpha value is -1.62. The first kappa shape index (κ1) is 13.8. The molecule has 0 radical (unpaired) electrons. The predicted octanol–water partition coefficient (Wildman–Crippen LogP) is 2.56. The molecular formula is C13H15ClFN3O. The number of amides is 1. The molecule has 1 heterocycles. The van der Waals surface area contributed by atoms with Gasteiger partial charge in [0.05, 0.1) is 16.9 Å². The second-order valence-corrected chi connectivity index (χ2v) is 4.84. The molecule has 6 heteroatoms. The van der Waals surface area contributed by atoms with Gasteiger partial charge >= 0.3 is 0 Å². The lowest BCUT2D eigenvalue weighted by Crippen LogP contribution is -2.30. The van der Waals surface area contributed by atoms with Gasteiger partial charge in [0, 0.05) is 14.1 Å². The molecule has 1 aromatic heterocycles. The number of halogens is 2. The minimum atomic E-state index is -0.476. The highest BCUT2D eigenvalue weighted by molar-refractivity contribution is 6.16. The number of imidazole rings is 1. The molecule has 0 bridgehead atoms. The molecule has 2 aromatic rings. The van der Waals surface area contributed by atoms with E-state index in [-0.39, 0.29) is 17.6 Å². The zero-order valence-electron chi connectivity index (χ0n) is 11.0. The number of benzene rings is 1. The molecule has 1 aromatic carbocycles. The van der Waals surface area contributed by atoms with E-state index in [1.54, 1.807) is 31.7 Å². The fourth-order valence-electron chi connectivity index (χ4n) is 2.13. The maximum Gasteiger partial charge on any atom is 0.244 e. The Morgan fingerprint density at radius 1 is 1.53 bits per heavy atom. The Labute approximate surface area is 115 Å². The van der Waals surface area contributed by atoms with Crippen LogP contribution in [0.3, 0.4) is 0 Å². The summed E-state index contributed by atoms with van der Waals surface area (Å²) in [6, 6.07) is 3.83. The summed E-state index contributed by atoms with van der Waals surface area (Å²) in [5.74, 6) is 0.278. The summed E-state index contributed by atoms with van der Waals surface area (Å²) in [5.41, 5.74) is 1.22. The molecule has 2 rings (SSSR count). The van der Waals surface area contributed by atoms with E-state index in [9.17, 15) is 9.18 Å². The molecule has 0 spiro atoms. The van der Waals surface area contributed by atoms with Crippen LogP contribution in [0.15, 0.2) is 18.2 Å². The van der Waals surface area contributed by atoms with E-state index < -0.39 is 6.04 Å². The molecule has 0 N–H and O–H groups in total. The molecule has 0 aliphatic heterocycles. The van der Waals surface area contributed by atoms with Crippen molar-refractivity contribution in [3.63, 3.8) is 0 Å². The van der Waals surface area contributed by atoms with E-state index >= 15 is 0 Å². The Balaban J connectivity index is 2.62. The van der Waals surface area contributed by atoms with Gasteiger partial charge in [-0.25, -0.2) is 9.37 Å². The Bertz CT molecular complexity index is 624. The van der Waals surface area contributed by atoms with Crippen molar-refractivity contribution in [3.8, 4) is 0 Å². The van der Waals surface area contributed by atoms with Gasteiger partial charge < -0.3 is 9.47 Å². The van der Waals surface area contributed by atoms with Crippen LogP contribution in [0, 0.1) is 5.82 Å². The first-order chi connectivity index (χ1) is 8.95. The number of carbonyl (C=O) groups is 1. The maximum atomic E-state index is 13.4. The summed E-state index contributed by atoms with van der Waals surface area (Å²) in [7, 11) is 3.36. The standard InChI is InChI=1S/C13H15ClFN3O/c1-8(13(19)17(2)3)18-11-6-9(15)4-5-10(11)16-12(18)7-14/h4-6,8H,7H2,1-3H3. The van der Waals surface area contributed by atoms with Crippen molar-refractivity contribution in [3.05, 3.63) is 29.8 Å². The van der Waals surface area contributed by atoms with Crippen molar-refractivity contribution in [1.29, 1.82) is 0 Å². The maximum absolute atomic E-state index is 13.4. The highest BCUT2D eigenvalue weighted by Crippen LogP contribution is 2.24. The van der Waals surface area contributed by atoms with Crippen molar-refractivity contribution in [2.24, 2.45) is 0 Å². The first-order valence-corrected chi connectivity index (χ1v) is 6.42. The van der Waals surface area contributed by atoms with Gasteiger partial charge in [-0.2, -0.15) is 0 Å². The first-order valence-electron chi connectivity index (χ1n) is 5.89. The summed E-state index contributed by atoms with van der Waals surface area (Å²) < 4.78 is 15.1. The number of likely N-dealkylation sites (N-methyl/N-ethyl adjacent to an activating group) is 1. The molecule has 1 unspecified atom stereocenters. The second kappa shape index (κ2) is 5.17.